The van der Waals surface area contributed by atoms with E-state index in [1.54, 1.807) is 6.08 Å². The summed E-state index contributed by atoms with van der Waals surface area (Å²) in [6.45, 7) is 11.7. The summed E-state index contributed by atoms with van der Waals surface area (Å²) in [7, 11) is 0. The number of aliphatic hydroxyl groups excluding tert-OH is 2. The topological polar surface area (TPSA) is 116 Å². The van der Waals surface area contributed by atoms with Crippen molar-refractivity contribution in [2.45, 2.75) is 78.8 Å². The van der Waals surface area contributed by atoms with Gasteiger partial charge in [-0.15, -0.1) is 0 Å². The van der Waals surface area contributed by atoms with Gasteiger partial charge in [-0.3, -0.25) is 4.79 Å². The van der Waals surface area contributed by atoms with Gasteiger partial charge in [-0.2, -0.15) is 0 Å². The molecular weight excluding hydrogens is 472 g/mol. The van der Waals surface area contributed by atoms with Crippen LogP contribution in [0.25, 0.3) is 5.76 Å². The molecule has 0 amide bonds. The molecule has 1 fully saturated rings. The lowest BCUT2D eigenvalue weighted by Gasteiger charge is -2.50. The summed E-state index contributed by atoms with van der Waals surface area (Å²) in [5.74, 6) is -2.29. The van der Waals surface area contributed by atoms with E-state index in [0.29, 0.717) is 18.4 Å². The number of hydrogen-bond acceptors (Lipinski definition) is 7. The second-order valence-corrected chi connectivity index (χ2v) is 11.2. The molecule has 7 unspecified atom stereocenters. The van der Waals surface area contributed by atoms with Crippen LogP contribution in [-0.2, 0) is 9.53 Å². The van der Waals surface area contributed by atoms with Crippen molar-refractivity contribution in [2.75, 3.05) is 0 Å². The molecule has 1 aromatic rings. The van der Waals surface area contributed by atoms with E-state index in [1.165, 1.54) is 12.1 Å². The number of aromatic hydroxyl groups is 2. The molecule has 37 heavy (non-hydrogen) atoms. The van der Waals surface area contributed by atoms with Crippen LogP contribution >= 0.6 is 0 Å². The lowest BCUT2D eigenvalue weighted by molar-refractivity contribution is -0.166. The van der Waals surface area contributed by atoms with Crippen molar-refractivity contribution in [1.29, 1.82) is 0 Å². The zero-order chi connectivity index (χ0) is 27.2. The van der Waals surface area contributed by atoms with Crippen molar-refractivity contribution in [1.82, 2.24) is 0 Å². The van der Waals surface area contributed by atoms with Gasteiger partial charge in [0.25, 0.3) is 0 Å². The molecule has 7 nitrogen and oxygen atoms in total. The minimum atomic E-state index is -1.11. The average molecular weight is 511 g/mol. The molecule has 0 spiro atoms. The third-order valence-electron chi connectivity index (χ3n) is 7.47. The second-order valence-electron chi connectivity index (χ2n) is 11.2. The molecule has 0 aromatic heterocycles. The molecule has 0 radical (unpaired) electrons. The molecule has 7 atom stereocenters. The Labute approximate surface area is 218 Å². The number of phenolic OH excluding ortho intramolecular Hbond substituents is 2. The number of carbonyl (C=O) groups excluding carboxylic acids is 1. The monoisotopic (exact) mass is 510 g/mol. The van der Waals surface area contributed by atoms with E-state index in [2.05, 4.69) is 0 Å². The van der Waals surface area contributed by atoms with Crippen LogP contribution in [-0.4, -0.2) is 50.6 Å². The van der Waals surface area contributed by atoms with Gasteiger partial charge in [-0.25, -0.2) is 0 Å². The highest BCUT2D eigenvalue weighted by Crippen LogP contribution is 2.51. The third-order valence-corrected chi connectivity index (χ3v) is 7.47. The fourth-order valence-electron chi connectivity index (χ4n) is 5.62. The van der Waals surface area contributed by atoms with Crippen molar-refractivity contribution in [3.8, 4) is 17.2 Å². The first-order valence-electron chi connectivity index (χ1n) is 12.9. The number of ketones is 1. The number of fused-ring (bicyclic) bond motifs is 3. The first-order valence-corrected chi connectivity index (χ1v) is 12.9. The maximum atomic E-state index is 14.2. The van der Waals surface area contributed by atoms with Crippen LogP contribution in [0.5, 0.6) is 17.2 Å². The molecule has 2 heterocycles. The minimum absolute atomic E-state index is 0.259. The summed E-state index contributed by atoms with van der Waals surface area (Å²) < 4.78 is 12.7. The number of benzene rings is 1. The Kier molecular flexibility index (Phi) is 7.58. The summed E-state index contributed by atoms with van der Waals surface area (Å²) in [5, 5.41) is 43.3. The third kappa shape index (κ3) is 5.07. The number of Topliss-reactive ketones (excluding diaryl/α,β-unsaturated/α-hetero) is 1. The molecule has 0 saturated heterocycles. The summed E-state index contributed by atoms with van der Waals surface area (Å²) in [6, 6.07) is 2.63. The zero-order valence-electron chi connectivity index (χ0n) is 22.4. The molecule has 4 N–H and O–H groups in total. The molecule has 7 heteroatoms. The fraction of sp³-hybridized carbons (Fsp3) is 0.500. The average Bonchev–Trinajstić information content (AvgIpc) is 2.79. The Morgan fingerprint density at radius 1 is 0.838 bits per heavy atom. The first kappa shape index (κ1) is 27.0. The van der Waals surface area contributed by atoms with E-state index >= 15 is 0 Å². The number of rotatable bonds is 5. The number of phenols is 2. The van der Waals surface area contributed by atoms with Crippen molar-refractivity contribution < 1.29 is 34.7 Å². The summed E-state index contributed by atoms with van der Waals surface area (Å²) >= 11 is 0. The van der Waals surface area contributed by atoms with Gasteiger partial charge in [-0.1, -0.05) is 28.9 Å². The highest BCUT2D eigenvalue weighted by atomic mass is 16.5. The molecule has 3 aliphatic rings. The smallest absolute Gasteiger partial charge is 0.176 e. The maximum Gasteiger partial charge on any atom is 0.176 e. The van der Waals surface area contributed by atoms with Crippen LogP contribution in [0, 0.1) is 17.8 Å². The number of aliphatic hydroxyl groups is 2. The van der Waals surface area contributed by atoms with Crippen molar-refractivity contribution in [3.05, 3.63) is 58.2 Å². The predicted molar refractivity (Wildman–Crippen MR) is 141 cm³/mol. The Bertz CT molecular complexity index is 1190. The van der Waals surface area contributed by atoms with Crippen molar-refractivity contribution in [3.63, 3.8) is 0 Å². The molecular formula is C30H38O7. The van der Waals surface area contributed by atoms with E-state index in [-0.39, 0.29) is 34.4 Å². The van der Waals surface area contributed by atoms with Gasteiger partial charge in [0.1, 0.15) is 23.7 Å². The summed E-state index contributed by atoms with van der Waals surface area (Å²) in [5.41, 5.74) is 3.70. The number of carbonyl (C=O) groups is 1. The van der Waals surface area contributed by atoms with Gasteiger partial charge in [0.05, 0.1) is 29.3 Å². The molecule has 2 aliphatic heterocycles. The highest BCUT2D eigenvalue weighted by Gasteiger charge is 2.57. The van der Waals surface area contributed by atoms with Gasteiger partial charge in [0, 0.05) is 17.9 Å². The van der Waals surface area contributed by atoms with Gasteiger partial charge in [0.2, 0.25) is 0 Å². The summed E-state index contributed by atoms with van der Waals surface area (Å²) in [4.78, 5) is 14.2. The quantitative estimate of drug-likeness (QED) is 0.332. The normalized spacial score (nSPS) is 30.2. The first-order chi connectivity index (χ1) is 17.4. The van der Waals surface area contributed by atoms with Gasteiger partial charge in [-0.05, 0) is 66.5 Å². The van der Waals surface area contributed by atoms with Gasteiger partial charge >= 0.3 is 0 Å². The Hall–Kier alpha value is -3.03. The predicted octanol–water partition coefficient (Wildman–Crippen LogP) is 4.80. The summed E-state index contributed by atoms with van der Waals surface area (Å²) in [6.07, 6.45) is 3.18. The van der Waals surface area contributed by atoms with E-state index in [9.17, 15) is 25.2 Å². The number of allylic oxidation sites excluding steroid dienone is 5. The van der Waals surface area contributed by atoms with Crippen LogP contribution in [0.1, 0.15) is 59.9 Å². The molecule has 1 saturated carbocycles. The highest BCUT2D eigenvalue weighted by molar-refractivity contribution is 6.07. The Balaban J connectivity index is 1.88. The second kappa shape index (κ2) is 10.4. The lowest BCUT2D eigenvalue weighted by atomic mass is 9.63. The SMILES string of the molecule is CC(C)=CCC1C(O)C(CC=C(C)C)C2OC3=C(C(=O)C2C1O)C(C=C(C)C)Oc1cc(O)c(O)cc13. The van der Waals surface area contributed by atoms with E-state index in [4.69, 9.17) is 9.47 Å². The molecule has 4 rings (SSSR count). The van der Waals surface area contributed by atoms with E-state index < -0.39 is 42.2 Å². The minimum Gasteiger partial charge on any atom is -0.504 e. The van der Waals surface area contributed by atoms with Crippen molar-refractivity contribution >= 4 is 11.5 Å². The zero-order valence-corrected chi connectivity index (χ0v) is 22.4. The number of hydrogen-bond donors (Lipinski definition) is 4. The van der Waals surface area contributed by atoms with Crippen LogP contribution in [0.4, 0.5) is 0 Å². The molecule has 1 aromatic carbocycles. The van der Waals surface area contributed by atoms with Crippen LogP contribution in [0.3, 0.4) is 0 Å². The Morgan fingerprint density at radius 2 is 1.43 bits per heavy atom. The fourth-order valence-corrected chi connectivity index (χ4v) is 5.62. The lowest BCUT2D eigenvalue weighted by Crippen LogP contribution is -2.60. The maximum absolute atomic E-state index is 14.2. The van der Waals surface area contributed by atoms with Crippen LogP contribution in [0.15, 0.2) is 52.7 Å². The van der Waals surface area contributed by atoms with E-state index in [1.807, 2.05) is 53.7 Å². The van der Waals surface area contributed by atoms with Crippen LogP contribution in [0.2, 0.25) is 0 Å². The van der Waals surface area contributed by atoms with Crippen LogP contribution < -0.4 is 4.74 Å². The Morgan fingerprint density at radius 3 is 2.03 bits per heavy atom. The molecule has 200 valence electrons. The number of ether oxygens (including phenoxy) is 2. The standard InChI is InChI=1S/C30H38O7/c1-14(2)7-9-17-26(33)18(10-8-15(3)4)29-25(27(17)34)28(35)24-23(11-16(5)6)36-22-13-21(32)20(31)12-19(22)30(24)37-29/h7-8,11-13,17-18,23,25-27,29,31-34H,9-10H2,1-6H3. The van der Waals surface area contributed by atoms with E-state index in [0.717, 1.165) is 16.7 Å². The van der Waals surface area contributed by atoms with Gasteiger partial charge < -0.3 is 29.9 Å². The molecule has 0 bridgehead atoms. The molecule has 1 aliphatic carbocycles. The van der Waals surface area contributed by atoms with Crippen molar-refractivity contribution in [2.24, 2.45) is 17.8 Å². The van der Waals surface area contributed by atoms with Gasteiger partial charge in [0.15, 0.2) is 17.3 Å². The largest absolute Gasteiger partial charge is 0.504 e.